The first kappa shape index (κ1) is 14.7. The fourth-order valence-electron chi connectivity index (χ4n) is 4.00. The van der Waals surface area contributed by atoms with Crippen LogP contribution in [-0.2, 0) is 0 Å². The zero-order valence-electron chi connectivity index (χ0n) is 12.5. The molecule has 1 saturated heterocycles. The molecule has 5 atom stereocenters. The largest absolute Gasteiger partial charge is 0.317 e. The molecule has 1 N–H and O–H groups in total. The van der Waals surface area contributed by atoms with Gasteiger partial charge in [0.25, 0.3) is 0 Å². The van der Waals surface area contributed by atoms with Crippen LogP contribution in [0.25, 0.3) is 0 Å². The highest BCUT2D eigenvalue weighted by molar-refractivity contribution is 7.99. The predicted molar refractivity (Wildman–Crippen MR) is 82.4 cm³/mol. The van der Waals surface area contributed by atoms with Crippen molar-refractivity contribution < 1.29 is 0 Å². The Labute approximate surface area is 117 Å². The second kappa shape index (κ2) is 6.62. The smallest absolute Gasteiger partial charge is 0.0217 e. The van der Waals surface area contributed by atoms with Crippen LogP contribution in [0.2, 0.25) is 0 Å². The molecule has 0 aromatic rings. The first-order valence-corrected chi connectivity index (χ1v) is 8.93. The molecule has 0 bridgehead atoms. The number of nitrogens with one attached hydrogen (secondary N) is 1. The zero-order valence-corrected chi connectivity index (χ0v) is 13.3. The number of hydrogen-bond donors (Lipinski definition) is 1. The molecule has 0 aromatic heterocycles. The summed E-state index contributed by atoms with van der Waals surface area (Å²) in [6.07, 6.45) is 9.36. The van der Waals surface area contributed by atoms with Crippen LogP contribution in [-0.4, -0.2) is 48.1 Å². The number of piperidine rings is 1. The molecule has 1 aliphatic carbocycles. The molecule has 1 saturated carbocycles. The molecule has 0 radical (unpaired) electrons. The van der Waals surface area contributed by atoms with Gasteiger partial charge in [0.2, 0.25) is 0 Å². The third-order valence-corrected chi connectivity index (χ3v) is 6.54. The van der Waals surface area contributed by atoms with Crippen LogP contribution in [0.5, 0.6) is 0 Å². The SMILES string of the molecule is CNC1CCN(C2CCCCC2SC)C(C)C1C. The Morgan fingerprint density at radius 3 is 2.50 bits per heavy atom. The van der Waals surface area contributed by atoms with Crippen molar-refractivity contribution in [1.82, 2.24) is 10.2 Å². The number of nitrogens with zero attached hydrogens (tertiary/aromatic N) is 1. The van der Waals surface area contributed by atoms with Crippen molar-refractivity contribution >= 4 is 11.8 Å². The lowest BCUT2D eigenvalue weighted by Crippen LogP contribution is -2.58. The minimum Gasteiger partial charge on any atom is -0.317 e. The second-order valence-electron chi connectivity index (χ2n) is 6.15. The fraction of sp³-hybridized carbons (Fsp3) is 1.00. The predicted octanol–water partition coefficient (Wildman–Crippen LogP) is 2.98. The molecule has 2 aliphatic rings. The third kappa shape index (κ3) is 2.88. The second-order valence-corrected chi connectivity index (χ2v) is 7.22. The van der Waals surface area contributed by atoms with E-state index in [0.29, 0.717) is 6.04 Å². The van der Waals surface area contributed by atoms with E-state index in [1.54, 1.807) is 0 Å². The highest BCUT2D eigenvalue weighted by Gasteiger charge is 2.38. The molecule has 0 spiro atoms. The molecule has 2 fully saturated rings. The Kier molecular flexibility index (Phi) is 5.40. The summed E-state index contributed by atoms with van der Waals surface area (Å²) >= 11 is 2.10. The zero-order chi connectivity index (χ0) is 13.1. The van der Waals surface area contributed by atoms with E-state index in [1.807, 2.05) is 0 Å². The lowest BCUT2D eigenvalue weighted by Gasteiger charge is -2.49. The van der Waals surface area contributed by atoms with Crippen molar-refractivity contribution in [2.24, 2.45) is 5.92 Å². The van der Waals surface area contributed by atoms with Gasteiger partial charge in [-0.15, -0.1) is 0 Å². The average Bonchev–Trinajstić information content (AvgIpc) is 2.42. The highest BCUT2D eigenvalue weighted by Crippen LogP contribution is 2.35. The molecule has 18 heavy (non-hydrogen) atoms. The van der Waals surface area contributed by atoms with Crippen LogP contribution in [0, 0.1) is 5.92 Å². The normalized spacial score (nSPS) is 43.0. The molecule has 0 aromatic carbocycles. The van der Waals surface area contributed by atoms with Gasteiger partial charge < -0.3 is 5.32 Å². The van der Waals surface area contributed by atoms with Crippen LogP contribution in [0.15, 0.2) is 0 Å². The van der Waals surface area contributed by atoms with Gasteiger partial charge in [-0.1, -0.05) is 19.8 Å². The summed E-state index contributed by atoms with van der Waals surface area (Å²) in [5.41, 5.74) is 0. The highest BCUT2D eigenvalue weighted by atomic mass is 32.2. The minimum atomic E-state index is 0.715. The Morgan fingerprint density at radius 2 is 1.83 bits per heavy atom. The first-order valence-electron chi connectivity index (χ1n) is 7.64. The molecular weight excluding hydrogens is 240 g/mol. The van der Waals surface area contributed by atoms with E-state index < -0.39 is 0 Å². The van der Waals surface area contributed by atoms with Gasteiger partial charge in [-0.25, -0.2) is 0 Å². The van der Waals surface area contributed by atoms with Crippen LogP contribution in [0.1, 0.15) is 46.0 Å². The van der Waals surface area contributed by atoms with Crippen LogP contribution in [0.3, 0.4) is 0 Å². The summed E-state index contributed by atoms with van der Waals surface area (Å²) in [6, 6.07) is 2.28. The summed E-state index contributed by atoms with van der Waals surface area (Å²) in [5, 5.41) is 4.38. The standard InChI is InChI=1S/C15H30N2S/c1-11-12(2)17(10-9-13(11)16-3)14-7-5-6-8-15(14)18-4/h11-16H,5-10H2,1-4H3. The van der Waals surface area contributed by atoms with Gasteiger partial charge in [-0.3, -0.25) is 4.90 Å². The third-order valence-electron chi connectivity index (χ3n) is 5.38. The van der Waals surface area contributed by atoms with Crippen LogP contribution < -0.4 is 5.32 Å². The van der Waals surface area contributed by atoms with Crippen molar-refractivity contribution in [3.05, 3.63) is 0 Å². The first-order chi connectivity index (χ1) is 8.69. The van der Waals surface area contributed by atoms with Gasteiger partial charge >= 0.3 is 0 Å². The molecule has 106 valence electrons. The van der Waals surface area contributed by atoms with Crippen molar-refractivity contribution in [3.8, 4) is 0 Å². The van der Waals surface area contributed by atoms with Gasteiger partial charge in [-0.2, -0.15) is 11.8 Å². The molecule has 3 heteroatoms. The average molecular weight is 270 g/mol. The van der Waals surface area contributed by atoms with Gasteiger partial charge in [-0.05, 0) is 45.4 Å². The molecule has 5 unspecified atom stereocenters. The van der Waals surface area contributed by atoms with Crippen molar-refractivity contribution in [2.75, 3.05) is 19.8 Å². The summed E-state index contributed by atoms with van der Waals surface area (Å²) in [6.45, 7) is 6.16. The van der Waals surface area contributed by atoms with E-state index >= 15 is 0 Å². The lowest BCUT2D eigenvalue weighted by molar-refractivity contribution is 0.0366. The van der Waals surface area contributed by atoms with E-state index in [4.69, 9.17) is 0 Å². The Morgan fingerprint density at radius 1 is 1.11 bits per heavy atom. The molecule has 2 nitrogen and oxygen atoms in total. The van der Waals surface area contributed by atoms with Crippen molar-refractivity contribution in [2.45, 2.75) is 69.3 Å². The molecule has 0 amide bonds. The van der Waals surface area contributed by atoms with Crippen molar-refractivity contribution in [3.63, 3.8) is 0 Å². The van der Waals surface area contributed by atoms with Gasteiger partial charge in [0, 0.05) is 29.9 Å². The molecule has 2 rings (SSSR count). The van der Waals surface area contributed by atoms with E-state index in [0.717, 1.165) is 23.3 Å². The molecular formula is C15H30N2S. The lowest BCUT2D eigenvalue weighted by atomic mass is 9.83. The number of hydrogen-bond acceptors (Lipinski definition) is 3. The number of rotatable bonds is 3. The van der Waals surface area contributed by atoms with Crippen LogP contribution in [0.4, 0.5) is 0 Å². The summed E-state index contributed by atoms with van der Waals surface area (Å²) < 4.78 is 0. The number of thioether (sulfide) groups is 1. The monoisotopic (exact) mass is 270 g/mol. The van der Waals surface area contributed by atoms with E-state index in [9.17, 15) is 0 Å². The fourth-order valence-corrected chi connectivity index (χ4v) is 5.01. The van der Waals surface area contributed by atoms with Gasteiger partial charge in [0.05, 0.1) is 0 Å². The van der Waals surface area contributed by atoms with E-state index in [1.165, 1.54) is 38.6 Å². The Balaban J connectivity index is 2.03. The topological polar surface area (TPSA) is 15.3 Å². The van der Waals surface area contributed by atoms with E-state index in [2.05, 4.69) is 49.1 Å². The summed E-state index contributed by atoms with van der Waals surface area (Å²) in [7, 11) is 2.12. The van der Waals surface area contributed by atoms with Gasteiger partial charge in [0.1, 0.15) is 0 Å². The van der Waals surface area contributed by atoms with Crippen LogP contribution >= 0.6 is 11.8 Å². The van der Waals surface area contributed by atoms with Crippen molar-refractivity contribution in [1.29, 1.82) is 0 Å². The Bertz CT molecular complexity index is 259. The minimum absolute atomic E-state index is 0.715. The van der Waals surface area contributed by atoms with E-state index in [-0.39, 0.29) is 0 Å². The maximum absolute atomic E-state index is 3.50. The Hall–Kier alpha value is 0.270. The van der Waals surface area contributed by atoms with Gasteiger partial charge in [0.15, 0.2) is 0 Å². The maximum atomic E-state index is 3.50. The molecule has 1 heterocycles. The maximum Gasteiger partial charge on any atom is 0.0217 e. The summed E-state index contributed by atoms with van der Waals surface area (Å²) in [4.78, 5) is 2.83. The quantitative estimate of drug-likeness (QED) is 0.849. The molecule has 1 aliphatic heterocycles. The summed E-state index contributed by atoms with van der Waals surface area (Å²) in [5.74, 6) is 0.771. The number of likely N-dealkylation sites (tertiary alicyclic amines) is 1.